The van der Waals surface area contributed by atoms with Crippen molar-refractivity contribution in [3.05, 3.63) is 71.4 Å². The van der Waals surface area contributed by atoms with Crippen LogP contribution in [-0.2, 0) is 12.8 Å². The predicted molar refractivity (Wildman–Crippen MR) is 106 cm³/mol. The number of hydrogen-bond donors (Lipinski definition) is 2. The highest BCUT2D eigenvalue weighted by Crippen LogP contribution is 2.17. The highest BCUT2D eigenvalue weighted by atomic mass is 16.3. The van der Waals surface area contributed by atoms with Crippen molar-refractivity contribution in [3.63, 3.8) is 0 Å². The maximum absolute atomic E-state index is 8.06. The van der Waals surface area contributed by atoms with Crippen molar-refractivity contribution in [2.75, 3.05) is 0 Å². The zero-order chi connectivity index (χ0) is 17.9. The minimum absolute atomic E-state index is 0.167. The zero-order valence-electron chi connectivity index (χ0n) is 15.6. The first-order chi connectivity index (χ1) is 11.5. The maximum atomic E-state index is 8.06. The molecule has 1 heterocycles. The summed E-state index contributed by atoms with van der Waals surface area (Å²) in [6.45, 7) is 9.90. The maximum Gasteiger partial charge on any atom is 0.0483 e. The molecule has 24 heavy (non-hydrogen) atoms. The summed E-state index contributed by atoms with van der Waals surface area (Å²) in [7, 11) is 0. The van der Waals surface area contributed by atoms with E-state index in [4.69, 9.17) is 5.11 Å². The third-order valence-electron chi connectivity index (χ3n) is 3.58. The van der Waals surface area contributed by atoms with Gasteiger partial charge in [0.2, 0.25) is 0 Å². The van der Waals surface area contributed by atoms with Gasteiger partial charge in [-0.3, -0.25) is 0 Å². The van der Waals surface area contributed by atoms with Gasteiger partial charge in [-0.25, -0.2) is 0 Å². The highest BCUT2D eigenvalue weighted by molar-refractivity contribution is 5.82. The van der Waals surface area contributed by atoms with Crippen LogP contribution in [0.25, 0.3) is 10.9 Å². The van der Waals surface area contributed by atoms with Crippen LogP contribution < -0.4 is 0 Å². The summed E-state index contributed by atoms with van der Waals surface area (Å²) in [5, 5.41) is 9.41. The summed E-state index contributed by atoms with van der Waals surface area (Å²) in [5.74, 6) is 0. The number of aromatic nitrogens is 1. The van der Waals surface area contributed by atoms with Crippen molar-refractivity contribution in [2.45, 2.75) is 53.6 Å². The SMILES string of the molecule is CC(C)O.CCc1c[nH]c2ccccc12.CCc1ccc(C)cc1. The number of hydrogen-bond acceptors (Lipinski definition) is 1. The molecule has 0 unspecified atom stereocenters. The Morgan fingerprint density at radius 3 is 2.04 bits per heavy atom. The Morgan fingerprint density at radius 1 is 0.917 bits per heavy atom. The molecule has 0 radical (unpaired) electrons. The van der Waals surface area contributed by atoms with Crippen LogP contribution in [-0.4, -0.2) is 16.2 Å². The largest absolute Gasteiger partial charge is 0.394 e. The summed E-state index contributed by atoms with van der Waals surface area (Å²) in [6.07, 6.45) is 4.16. The molecule has 3 aromatic rings. The molecule has 1 aromatic heterocycles. The molecule has 3 rings (SSSR count). The summed E-state index contributed by atoms with van der Waals surface area (Å²) in [5.41, 5.74) is 5.40. The van der Waals surface area contributed by atoms with Gasteiger partial charge in [-0.15, -0.1) is 0 Å². The third kappa shape index (κ3) is 7.01. The van der Waals surface area contributed by atoms with Crippen molar-refractivity contribution in [2.24, 2.45) is 0 Å². The average Bonchev–Trinajstić information content (AvgIpc) is 2.99. The van der Waals surface area contributed by atoms with Crippen molar-refractivity contribution >= 4 is 10.9 Å². The Hall–Kier alpha value is -2.06. The van der Waals surface area contributed by atoms with Crippen LogP contribution in [0.4, 0.5) is 0 Å². The lowest BCUT2D eigenvalue weighted by molar-refractivity contribution is 0.216. The highest BCUT2D eigenvalue weighted by Gasteiger charge is 1.98. The molecule has 0 saturated carbocycles. The minimum atomic E-state index is -0.167. The van der Waals surface area contributed by atoms with Crippen LogP contribution in [0.3, 0.4) is 0 Å². The number of aryl methyl sites for hydroxylation is 3. The van der Waals surface area contributed by atoms with Crippen LogP contribution >= 0.6 is 0 Å². The van der Waals surface area contributed by atoms with Gasteiger partial charge >= 0.3 is 0 Å². The molecular formula is C22H31NO. The first-order valence-electron chi connectivity index (χ1n) is 8.76. The van der Waals surface area contributed by atoms with Gasteiger partial charge < -0.3 is 10.1 Å². The predicted octanol–water partition coefficient (Wildman–Crippen LogP) is 5.67. The molecule has 2 heteroatoms. The molecule has 0 bridgehead atoms. The van der Waals surface area contributed by atoms with Crippen LogP contribution in [0, 0.1) is 6.92 Å². The number of aromatic amines is 1. The van der Waals surface area contributed by atoms with E-state index in [9.17, 15) is 0 Å². The van der Waals surface area contributed by atoms with Crippen LogP contribution in [0.5, 0.6) is 0 Å². The van der Waals surface area contributed by atoms with Gasteiger partial charge in [-0.2, -0.15) is 0 Å². The number of fused-ring (bicyclic) bond motifs is 1. The zero-order valence-corrected chi connectivity index (χ0v) is 15.6. The second kappa shape index (κ2) is 10.7. The Morgan fingerprint density at radius 2 is 1.50 bits per heavy atom. The smallest absolute Gasteiger partial charge is 0.0483 e. The fourth-order valence-electron chi connectivity index (χ4n) is 2.25. The van der Waals surface area contributed by atoms with Crippen molar-refractivity contribution < 1.29 is 5.11 Å². The van der Waals surface area contributed by atoms with E-state index in [1.165, 1.54) is 27.6 Å². The molecule has 0 spiro atoms. The fourth-order valence-corrected chi connectivity index (χ4v) is 2.25. The van der Waals surface area contributed by atoms with Gasteiger partial charge in [0.1, 0.15) is 0 Å². The van der Waals surface area contributed by atoms with E-state index in [-0.39, 0.29) is 6.10 Å². The second-order valence-corrected chi connectivity index (χ2v) is 6.15. The molecule has 0 atom stereocenters. The summed E-state index contributed by atoms with van der Waals surface area (Å²) < 4.78 is 0. The van der Waals surface area contributed by atoms with Gasteiger partial charge in [-0.05, 0) is 50.8 Å². The summed E-state index contributed by atoms with van der Waals surface area (Å²) in [4.78, 5) is 3.24. The number of benzene rings is 2. The molecule has 0 aliphatic rings. The molecule has 2 aromatic carbocycles. The van der Waals surface area contributed by atoms with E-state index < -0.39 is 0 Å². The third-order valence-corrected chi connectivity index (χ3v) is 3.58. The second-order valence-electron chi connectivity index (χ2n) is 6.15. The molecule has 2 nitrogen and oxygen atoms in total. The molecule has 0 aliphatic heterocycles. The average molecular weight is 325 g/mol. The number of aliphatic hydroxyl groups excluding tert-OH is 1. The Labute approximate surface area is 146 Å². The lowest BCUT2D eigenvalue weighted by atomic mass is 10.1. The van der Waals surface area contributed by atoms with Gasteiger partial charge in [0.05, 0.1) is 0 Å². The lowest BCUT2D eigenvalue weighted by Crippen LogP contribution is -1.85. The molecule has 2 N–H and O–H groups in total. The van der Waals surface area contributed by atoms with E-state index in [0.29, 0.717) is 0 Å². The Bertz CT molecular complexity index is 693. The Balaban J connectivity index is 0.000000201. The molecular weight excluding hydrogens is 294 g/mol. The number of nitrogens with one attached hydrogen (secondary N) is 1. The van der Waals surface area contributed by atoms with E-state index in [1.54, 1.807) is 13.8 Å². The molecule has 0 fully saturated rings. The van der Waals surface area contributed by atoms with Crippen molar-refractivity contribution in [1.82, 2.24) is 4.98 Å². The Kier molecular flexibility index (Phi) is 8.88. The number of para-hydroxylation sites is 1. The van der Waals surface area contributed by atoms with Crippen LogP contribution in [0.15, 0.2) is 54.7 Å². The normalized spacial score (nSPS) is 9.96. The molecule has 0 amide bonds. The standard InChI is InChI=1S/C10H11N.C9H12.C3H8O/c1-2-8-7-11-10-6-4-3-5-9(8)10;1-3-9-6-4-8(2)5-7-9;1-3(2)4/h3-7,11H,2H2,1H3;4-7H,3H2,1-2H3;3-4H,1-2H3. The van der Waals surface area contributed by atoms with Crippen LogP contribution in [0.1, 0.15) is 44.4 Å². The van der Waals surface area contributed by atoms with E-state index in [2.05, 4.69) is 80.5 Å². The monoisotopic (exact) mass is 325 g/mol. The van der Waals surface area contributed by atoms with Crippen molar-refractivity contribution in [1.29, 1.82) is 0 Å². The molecule has 130 valence electrons. The molecule has 0 saturated heterocycles. The fraction of sp³-hybridized carbons (Fsp3) is 0.364. The van der Waals surface area contributed by atoms with Crippen LogP contribution in [0.2, 0.25) is 0 Å². The molecule has 0 aliphatic carbocycles. The summed E-state index contributed by atoms with van der Waals surface area (Å²) >= 11 is 0. The minimum Gasteiger partial charge on any atom is -0.394 e. The topological polar surface area (TPSA) is 36.0 Å². The first kappa shape index (κ1) is 20.0. The van der Waals surface area contributed by atoms with Crippen molar-refractivity contribution in [3.8, 4) is 0 Å². The number of rotatable bonds is 2. The van der Waals surface area contributed by atoms with Gasteiger partial charge in [0.15, 0.2) is 0 Å². The quantitative estimate of drug-likeness (QED) is 0.625. The van der Waals surface area contributed by atoms with Gasteiger partial charge in [0, 0.05) is 23.2 Å². The van der Waals surface area contributed by atoms with E-state index in [1.807, 2.05) is 0 Å². The van der Waals surface area contributed by atoms with E-state index in [0.717, 1.165) is 12.8 Å². The number of aliphatic hydroxyl groups is 1. The van der Waals surface area contributed by atoms with Gasteiger partial charge in [-0.1, -0.05) is 61.9 Å². The van der Waals surface area contributed by atoms with E-state index >= 15 is 0 Å². The number of H-pyrrole nitrogens is 1. The first-order valence-corrected chi connectivity index (χ1v) is 8.76. The summed E-state index contributed by atoms with van der Waals surface area (Å²) in [6, 6.07) is 17.1. The van der Waals surface area contributed by atoms with Gasteiger partial charge in [0.25, 0.3) is 0 Å². The lowest BCUT2D eigenvalue weighted by Gasteiger charge is -1.94.